The lowest BCUT2D eigenvalue weighted by atomic mass is 10.00. The number of ether oxygens (including phenoxy) is 2. The third-order valence-corrected chi connectivity index (χ3v) is 5.06. The highest BCUT2D eigenvalue weighted by Crippen LogP contribution is 2.20. The first-order valence-corrected chi connectivity index (χ1v) is 10.8. The molecule has 31 heavy (non-hydrogen) atoms. The Morgan fingerprint density at radius 1 is 0.968 bits per heavy atom. The summed E-state index contributed by atoms with van der Waals surface area (Å²) in [4.78, 5) is 28.4. The molecule has 1 aliphatic rings. The van der Waals surface area contributed by atoms with Crippen LogP contribution < -0.4 is 0 Å². The average molecular weight is 425 g/mol. The molecule has 0 bridgehead atoms. The zero-order chi connectivity index (χ0) is 22.3. The van der Waals surface area contributed by atoms with Crippen LogP contribution in [0, 0.1) is 5.92 Å². The van der Waals surface area contributed by atoms with Gasteiger partial charge in [-0.05, 0) is 38.3 Å². The van der Waals surface area contributed by atoms with Crippen LogP contribution in [0.2, 0.25) is 0 Å². The van der Waals surface area contributed by atoms with E-state index in [0.717, 1.165) is 12.0 Å². The summed E-state index contributed by atoms with van der Waals surface area (Å²) in [5.74, 6) is 0.215. The normalized spacial score (nSPS) is 14.0. The van der Waals surface area contributed by atoms with Crippen LogP contribution in [0.1, 0.15) is 31.9 Å². The van der Waals surface area contributed by atoms with Gasteiger partial charge in [-0.1, -0.05) is 60.7 Å². The Hall–Kier alpha value is -3.02. The molecule has 0 unspecified atom stereocenters. The second-order valence-corrected chi connectivity index (χ2v) is 8.97. The van der Waals surface area contributed by atoms with Crippen LogP contribution in [0.3, 0.4) is 0 Å². The van der Waals surface area contributed by atoms with E-state index < -0.39 is 5.60 Å². The first kappa shape index (κ1) is 22.7. The molecule has 0 atom stereocenters. The van der Waals surface area contributed by atoms with Crippen molar-refractivity contribution in [2.75, 3.05) is 26.2 Å². The van der Waals surface area contributed by atoms with Crippen molar-refractivity contribution in [3.8, 4) is 0 Å². The molecule has 0 saturated carbocycles. The van der Waals surface area contributed by atoms with Gasteiger partial charge in [0.15, 0.2) is 0 Å². The van der Waals surface area contributed by atoms with Crippen molar-refractivity contribution in [1.82, 2.24) is 9.80 Å². The molecule has 166 valence electrons. The van der Waals surface area contributed by atoms with Crippen molar-refractivity contribution in [1.29, 1.82) is 0 Å². The molecule has 3 rings (SSSR count). The number of carbonyl (C=O) groups is 2. The fourth-order valence-corrected chi connectivity index (χ4v) is 3.45. The SMILES string of the molecule is CC(C)(C)OC(=O)N(CCc1ccccc1)CC1CN(C(=O)OCc2ccccc2)C1. The van der Waals surface area contributed by atoms with Gasteiger partial charge in [-0.25, -0.2) is 9.59 Å². The minimum Gasteiger partial charge on any atom is -0.445 e. The number of likely N-dealkylation sites (tertiary alicyclic amines) is 1. The minimum absolute atomic E-state index is 0.215. The molecule has 1 fully saturated rings. The lowest BCUT2D eigenvalue weighted by molar-refractivity contribution is 0.00840. The minimum atomic E-state index is -0.547. The molecule has 0 N–H and O–H groups in total. The molecule has 2 amide bonds. The first-order valence-electron chi connectivity index (χ1n) is 10.8. The summed E-state index contributed by atoms with van der Waals surface area (Å²) >= 11 is 0. The van der Waals surface area contributed by atoms with Gasteiger partial charge in [-0.3, -0.25) is 0 Å². The van der Waals surface area contributed by atoms with Crippen LogP contribution in [-0.4, -0.2) is 53.8 Å². The topological polar surface area (TPSA) is 59.1 Å². The molecule has 1 heterocycles. The Balaban J connectivity index is 1.49. The van der Waals surface area contributed by atoms with E-state index in [1.165, 1.54) is 5.56 Å². The van der Waals surface area contributed by atoms with Crippen LogP contribution in [0.15, 0.2) is 60.7 Å². The molecule has 6 heteroatoms. The Morgan fingerprint density at radius 2 is 1.55 bits per heavy atom. The number of carbonyl (C=O) groups excluding carboxylic acids is 2. The number of hydrogen-bond donors (Lipinski definition) is 0. The highest BCUT2D eigenvalue weighted by atomic mass is 16.6. The van der Waals surface area contributed by atoms with Crippen LogP contribution in [-0.2, 0) is 22.5 Å². The van der Waals surface area contributed by atoms with Gasteiger partial charge in [-0.2, -0.15) is 0 Å². The maximum absolute atomic E-state index is 12.7. The molecule has 6 nitrogen and oxygen atoms in total. The van der Waals surface area contributed by atoms with Crippen LogP contribution in [0.5, 0.6) is 0 Å². The number of nitrogens with zero attached hydrogens (tertiary/aromatic N) is 2. The monoisotopic (exact) mass is 424 g/mol. The fraction of sp³-hybridized carbons (Fsp3) is 0.440. The second-order valence-electron chi connectivity index (χ2n) is 8.97. The lowest BCUT2D eigenvalue weighted by Gasteiger charge is -2.41. The summed E-state index contributed by atoms with van der Waals surface area (Å²) in [5, 5.41) is 0. The predicted molar refractivity (Wildman–Crippen MR) is 120 cm³/mol. The third kappa shape index (κ3) is 7.31. The van der Waals surface area contributed by atoms with Gasteiger partial charge in [0.25, 0.3) is 0 Å². The molecule has 1 saturated heterocycles. The third-order valence-electron chi connectivity index (χ3n) is 5.06. The van der Waals surface area contributed by atoms with E-state index in [1.54, 1.807) is 9.80 Å². The quantitative estimate of drug-likeness (QED) is 0.644. The van der Waals surface area contributed by atoms with Crippen LogP contribution in [0.4, 0.5) is 9.59 Å². The van der Waals surface area contributed by atoms with Crippen molar-refractivity contribution >= 4 is 12.2 Å². The lowest BCUT2D eigenvalue weighted by Crippen LogP contribution is -2.55. The summed E-state index contributed by atoms with van der Waals surface area (Å²) in [6, 6.07) is 19.7. The van der Waals surface area contributed by atoms with E-state index in [2.05, 4.69) is 12.1 Å². The molecule has 0 radical (unpaired) electrons. The molecule has 2 aromatic rings. The molecule has 0 aliphatic carbocycles. The summed E-state index contributed by atoms with van der Waals surface area (Å²) in [5.41, 5.74) is 1.59. The molecular weight excluding hydrogens is 392 g/mol. The Labute approximate surface area is 184 Å². The fourth-order valence-electron chi connectivity index (χ4n) is 3.45. The summed E-state index contributed by atoms with van der Waals surface area (Å²) in [6.45, 7) is 8.17. The molecular formula is C25H32N2O4. The Kier molecular flexibility index (Phi) is 7.55. The molecule has 0 spiro atoms. The van der Waals surface area contributed by atoms with E-state index in [1.807, 2.05) is 69.3 Å². The summed E-state index contributed by atoms with van der Waals surface area (Å²) in [7, 11) is 0. The summed E-state index contributed by atoms with van der Waals surface area (Å²) in [6.07, 6.45) is 0.136. The smallest absolute Gasteiger partial charge is 0.410 e. The summed E-state index contributed by atoms with van der Waals surface area (Å²) < 4.78 is 11.0. The Morgan fingerprint density at radius 3 is 2.13 bits per heavy atom. The van der Waals surface area contributed by atoms with Gasteiger partial charge in [0.2, 0.25) is 0 Å². The van der Waals surface area contributed by atoms with E-state index in [9.17, 15) is 9.59 Å². The number of rotatable bonds is 7. The van der Waals surface area contributed by atoms with Gasteiger partial charge in [-0.15, -0.1) is 0 Å². The van der Waals surface area contributed by atoms with E-state index in [0.29, 0.717) is 26.2 Å². The zero-order valence-electron chi connectivity index (χ0n) is 18.6. The standard InChI is InChI=1S/C25H32N2O4/c1-25(2,3)31-24(29)26(15-14-20-10-6-4-7-11-20)16-22-17-27(18-22)23(28)30-19-21-12-8-5-9-13-21/h4-13,22H,14-19H2,1-3H3. The highest BCUT2D eigenvalue weighted by Gasteiger charge is 2.34. The maximum Gasteiger partial charge on any atom is 0.410 e. The number of benzene rings is 2. The van der Waals surface area contributed by atoms with E-state index >= 15 is 0 Å². The molecule has 1 aliphatic heterocycles. The highest BCUT2D eigenvalue weighted by molar-refractivity contribution is 5.69. The van der Waals surface area contributed by atoms with Gasteiger partial charge in [0.05, 0.1) is 0 Å². The van der Waals surface area contributed by atoms with E-state index in [4.69, 9.17) is 9.47 Å². The maximum atomic E-state index is 12.7. The van der Waals surface area contributed by atoms with Crippen molar-refractivity contribution in [3.63, 3.8) is 0 Å². The molecule has 2 aromatic carbocycles. The second kappa shape index (κ2) is 10.3. The van der Waals surface area contributed by atoms with E-state index in [-0.39, 0.29) is 24.7 Å². The van der Waals surface area contributed by atoms with Gasteiger partial charge in [0, 0.05) is 32.1 Å². The first-order chi connectivity index (χ1) is 14.8. The van der Waals surface area contributed by atoms with Gasteiger partial charge in [0.1, 0.15) is 12.2 Å². The number of hydrogen-bond acceptors (Lipinski definition) is 4. The van der Waals surface area contributed by atoms with Crippen molar-refractivity contribution in [2.24, 2.45) is 5.92 Å². The average Bonchev–Trinajstić information content (AvgIpc) is 2.71. The van der Waals surface area contributed by atoms with Crippen molar-refractivity contribution in [3.05, 3.63) is 71.8 Å². The van der Waals surface area contributed by atoms with Crippen molar-refractivity contribution in [2.45, 2.75) is 39.4 Å². The Bertz CT molecular complexity index is 843. The molecule has 0 aromatic heterocycles. The van der Waals surface area contributed by atoms with Gasteiger partial charge >= 0.3 is 12.2 Å². The van der Waals surface area contributed by atoms with Gasteiger partial charge < -0.3 is 19.3 Å². The van der Waals surface area contributed by atoms with Crippen LogP contribution >= 0.6 is 0 Å². The largest absolute Gasteiger partial charge is 0.445 e. The zero-order valence-corrected chi connectivity index (χ0v) is 18.6. The number of amides is 2. The van der Waals surface area contributed by atoms with Crippen molar-refractivity contribution < 1.29 is 19.1 Å². The predicted octanol–water partition coefficient (Wildman–Crippen LogP) is 4.73. The van der Waals surface area contributed by atoms with Crippen LogP contribution in [0.25, 0.3) is 0 Å².